The second-order valence-electron chi connectivity index (χ2n) is 6.20. The van der Waals surface area contributed by atoms with Crippen LogP contribution in [0.3, 0.4) is 0 Å². The highest BCUT2D eigenvalue weighted by Crippen LogP contribution is 2.39. The summed E-state index contributed by atoms with van der Waals surface area (Å²) in [6, 6.07) is 1.40. The topological polar surface area (TPSA) is 44.1 Å². The smallest absolute Gasteiger partial charge is 0.255 e. The molecule has 104 valence electrons. The summed E-state index contributed by atoms with van der Waals surface area (Å²) >= 11 is 5.90. The fourth-order valence-corrected chi connectivity index (χ4v) is 2.92. The predicted molar refractivity (Wildman–Crippen MR) is 73.7 cm³/mol. The summed E-state index contributed by atoms with van der Waals surface area (Å²) in [4.78, 5) is 16.5. The van der Waals surface area contributed by atoms with E-state index >= 15 is 0 Å². The molecule has 3 rings (SSSR count). The van der Waals surface area contributed by atoms with Crippen molar-refractivity contribution in [2.45, 2.75) is 63.7 Å². The van der Waals surface area contributed by atoms with Crippen LogP contribution in [-0.4, -0.2) is 21.3 Å². The lowest BCUT2D eigenvalue weighted by atomic mass is 10.1. The first-order valence-corrected chi connectivity index (χ1v) is 7.27. The van der Waals surface area contributed by atoms with Gasteiger partial charge >= 0.3 is 0 Å². The maximum absolute atomic E-state index is 12.1. The van der Waals surface area contributed by atoms with Crippen molar-refractivity contribution in [1.82, 2.24) is 9.55 Å². The molecule has 1 aliphatic heterocycles. The number of ether oxygens (including phenoxy) is 1. The Balaban J connectivity index is 1.86. The predicted octanol–water partition coefficient (Wildman–Crippen LogP) is 2.73. The fraction of sp³-hybridized carbons (Fsp3) is 0.714. The molecule has 0 spiro atoms. The van der Waals surface area contributed by atoms with Gasteiger partial charge in [-0.3, -0.25) is 9.36 Å². The molecule has 5 heteroatoms. The van der Waals surface area contributed by atoms with Crippen LogP contribution in [0.4, 0.5) is 0 Å². The zero-order valence-electron chi connectivity index (χ0n) is 11.4. The molecule has 2 heterocycles. The van der Waals surface area contributed by atoms with Gasteiger partial charge in [0.1, 0.15) is 11.0 Å². The Bertz CT molecular complexity index is 549. The summed E-state index contributed by atoms with van der Waals surface area (Å²) in [6.07, 6.45) is 4.33. The summed E-state index contributed by atoms with van der Waals surface area (Å²) in [5.41, 5.74) is -0.136. The van der Waals surface area contributed by atoms with Gasteiger partial charge in [-0.1, -0.05) is 11.6 Å². The lowest BCUT2D eigenvalue weighted by Crippen LogP contribution is -2.31. The molecular formula is C14H19ClN2O2. The van der Waals surface area contributed by atoms with Gasteiger partial charge in [-0.15, -0.1) is 0 Å². The van der Waals surface area contributed by atoms with Gasteiger partial charge in [0.25, 0.3) is 5.56 Å². The molecule has 0 amide bonds. The quantitative estimate of drug-likeness (QED) is 0.801. The molecular weight excluding hydrogens is 264 g/mol. The first-order chi connectivity index (χ1) is 8.94. The van der Waals surface area contributed by atoms with Gasteiger partial charge in [-0.2, -0.15) is 0 Å². The lowest BCUT2D eigenvalue weighted by molar-refractivity contribution is -0.0224. The van der Waals surface area contributed by atoms with Gasteiger partial charge in [0, 0.05) is 12.0 Å². The van der Waals surface area contributed by atoms with E-state index in [0.29, 0.717) is 17.6 Å². The van der Waals surface area contributed by atoms with Crippen molar-refractivity contribution in [2.24, 2.45) is 0 Å². The van der Waals surface area contributed by atoms with E-state index in [0.717, 1.165) is 31.5 Å². The molecule has 1 saturated carbocycles. The SMILES string of the molecule is CC1(C)CCC(Cn2c(C3CC3)nc(Cl)cc2=O)O1. The average Bonchev–Trinajstić information content (AvgIpc) is 3.08. The van der Waals surface area contributed by atoms with Crippen LogP contribution < -0.4 is 5.56 Å². The van der Waals surface area contributed by atoms with Crippen LogP contribution in [0.25, 0.3) is 0 Å². The van der Waals surface area contributed by atoms with E-state index in [-0.39, 0.29) is 17.3 Å². The minimum atomic E-state index is -0.0755. The van der Waals surface area contributed by atoms with E-state index in [1.807, 2.05) is 0 Å². The molecule has 0 N–H and O–H groups in total. The van der Waals surface area contributed by atoms with Gasteiger partial charge in [0.05, 0.1) is 18.2 Å². The zero-order chi connectivity index (χ0) is 13.6. The Morgan fingerprint density at radius 1 is 1.47 bits per heavy atom. The van der Waals surface area contributed by atoms with Crippen molar-refractivity contribution in [1.29, 1.82) is 0 Å². The van der Waals surface area contributed by atoms with Crippen LogP contribution in [0.15, 0.2) is 10.9 Å². The van der Waals surface area contributed by atoms with Crippen LogP contribution in [-0.2, 0) is 11.3 Å². The third kappa shape index (κ3) is 2.84. The van der Waals surface area contributed by atoms with Crippen molar-refractivity contribution in [3.63, 3.8) is 0 Å². The maximum atomic E-state index is 12.1. The van der Waals surface area contributed by atoms with Crippen molar-refractivity contribution < 1.29 is 4.74 Å². The van der Waals surface area contributed by atoms with E-state index in [9.17, 15) is 4.79 Å². The number of nitrogens with zero attached hydrogens (tertiary/aromatic N) is 2. The molecule has 0 aromatic carbocycles. The molecule has 4 nitrogen and oxygen atoms in total. The Kier molecular flexibility index (Phi) is 3.18. The average molecular weight is 283 g/mol. The second-order valence-corrected chi connectivity index (χ2v) is 6.59. The van der Waals surface area contributed by atoms with Crippen LogP contribution in [0.1, 0.15) is 51.3 Å². The molecule has 19 heavy (non-hydrogen) atoms. The van der Waals surface area contributed by atoms with E-state index in [1.54, 1.807) is 4.57 Å². The van der Waals surface area contributed by atoms with Crippen molar-refractivity contribution in [3.05, 3.63) is 27.4 Å². The maximum Gasteiger partial charge on any atom is 0.255 e. The van der Waals surface area contributed by atoms with Gasteiger partial charge in [0.15, 0.2) is 0 Å². The molecule has 1 aliphatic carbocycles. The molecule has 1 saturated heterocycles. The van der Waals surface area contributed by atoms with E-state index in [2.05, 4.69) is 18.8 Å². The second kappa shape index (κ2) is 4.60. The normalized spacial score (nSPS) is 25.7. The van der Waals surface area contributed by atoms with Crippen molar-refractivity contribution >= 4 is 11.6 Å². The van der Waals surface area contributed by atoms with Gasteiger partial charge < -0.3 is 4.74 Å². The van der Waals surface area contributed by atoms with Crippen LogP contribution >= 0.6 is 11.6 Å². The molecule has 2 fully saturated rings. The Morgan fingerprint density at radius 3 is 2.79 bits per heavy atom. The molecule has 0 radical (unpaired) electrons. The van der Waals surface area contributed by atoms with Crippen molar-refractivity contribution in [3.8, 4) is 0 Å². The lowest BCUT2D eigenvalue weighted by Gasteiger charge is -2.21. The molecule has 0 bridgehead atoms. The Morgan fingerprint density at radius 2 is 2.21 bits per heavy atom. The highest BCUT2D eigenvalue weighted by atomic mass is 35.5. The number of hydrogen-bond donors (Lipinski definition) is 0. The molecule has 1 aromatic heterocycles. The highest BCUT2D eigenvalue weighted by Gasteiger charge is 2.34. The summed E-state index contributed by atoms with van der Waals surface area (Å²) in [6.45, 7) is 4.79. The Labute approximate surface area is 117 Å². The number of halogens is 1. The summed E-state index contributed by atoms with van der Waals surface area (Å²) < 4.78 is 7.73. The van der Waals surface area contributed by atoms with E-state index in [1.165, 1.54) is 6.07 Å². The van der Waals surface area contributed by atoms with Crippen LogP contribution in [0.5, 0.6) is 0 Å². The minimum Gasteiger partial charge on any atom is -0.370 e. The third-order valence-electron chi connectivity index (χ3n) is 3.89. The first-order valence-electron chi connectivity index (χ1n) is 6.90. The van der Waals surface area contributed by atoms with E-state index < -0.39 is 0 Å². The fourth-order valence-electron chi connectivity index (χ4n) is 2.74. The van der Waals surface area contributed by atoms with Crippen LogP contribution in [0.2, 0.25) is 5.15 Å². The van der Waals surface area contributed by atoms with E-state index in [4.69, 9.17) is 16.3 Å². The van der Waals surface area contributed by atoms with Crippen LogP contribution in [0, 0.1) is 0 Å². The molecule has 1 unspecified atom stereocenters. The number of hydrogen-bond acceptors (Lipinski definition) is 3. The minimum absolute atomic E-state index is 0.0600. The van der Waals surface area contributed by atoms with Crippen molar-refractivity contribution in [2.75, 3.05) is 0 Å². The van der Waals surface area contributed by atoms with Gasteiger partial charge in [-0.25, -0.2) is 4.98 Å². The summed E-state index contributed by atoms with van der Waals surface area (Å²) in [5.74, 6) is 1.24. The monoisotopic (exact) mass is 282 g/mol. The standard InChI is InChI=1S/C14H19ClN2O2/c1-14(2)6-5-10(19-14)8-17-12(18)7-11(15)16-13(17)9-3-4-9/h7,9-10H,3-6,8H2,1-2H3. The molecule has 2 aliphatic rings. The summed E-state index contributed by atoms with van der Waals surface area (Å²) in [5, 5.41) is 0.302. The number of rotatable bonds is 3. The largest absolute Gasteiger partial charge is 0.370 e. The zero-order valence-corrected chi connectivity index (χ0v) is 12.1. The first kappa shape index (κ1) is 13.1. The molecule has 1 aromatic rings. The summed E-state index contributed by atoms with van der Waals surface area (Å²) in [7, 11) is 0. The molecule has 1 atom stereocenters. The third-order valence-corrected chi connectivity index (χ3v) is 4.08. The van der Waals surface area contributed by atoms with Gasteiger partial charge in [-0.05, 0) is 39.5 Å². The van der Waals surface area contributed by atoms with Gasteiger partial charge in [0.2, 0.25) is 0 Å². The Hall–Kier alpha value is -0.870. The number of aromatic nitrogens is 2. The highest BCUT2D eigenvalue weighted by molar-refractivity contribution is 6.29.